The quantitative estimate of drug-likeness (QED) is 0.935. The lowest BCUT2D eigenvalue weighted by molar-refractivity contribution is -0.114. The van der Waals surface area contributed by atoms with Gasteiger partial charge in [-0.3, -0.25) is 4.79 Å². The number of carbonyl (C=O) groups excluding carboxylic acids is 1. The predicted molar refractivity (Wildman–Crippen MR) is 78.2 cm³/mol. The summed E-state index contributed by atoms with van der Waals surface area (Å²) in [4.78, 5) is 16.2. The fourth-order valence-corrected chi connectivity index (χ4v) is 2.64. The average Bonchev–Trinajstić information content (AvgIpc) is 2.93. The minimum atomic E-state index is -0.271. The molecule has 0 saturated heterocycles. The zero-order valence-electron chi connectivity index (χ0n) is 12.1. The van der Waals surface area contributed by atoms with Gasteiger partial charge in [0.05, 0.1) is 7.11 Å². The smallest absolute Gasteiger partial charge is 0.226 e. The Balaban J connectivity index is 2.14. The molecule has 1 N–H and O–H groups in total. The van der Waals surface area contributed by atoms with Crippen LogP contribution in [0.4, 0.5) is 5.95 Å². The highest BCUT2D eigenvalue weighted by Crippen LogP contribution is 2.35. The number of Topliss-reactive ketones (excluding diaryl/α,β-unsaturated/α-hetero) is 1. The van der Waals surface area contributed by atoms with E-state index in [0.717, 1.165) is 17.0 Å². The number of rotatable bonds is 3. The second kappa shape index (κ2) is 5.05. The van der Waals surface area contributed by atoms with Gasteiger partial charge in [0.1, 0.15) is 18.1 Å². The van der Waals surface area contributed by atoms with Gasteiger partial charge in [0.15, 0.2) is 5.78 Å². The molecule has 1 aromatic carbocycles. The first-order chi connectivity index (χ1) is 10.1. The molecule has 6 heteroatoms. The standard InChI is InChI=1S/C15H16N4O2/c1-9-13(10(2)20)14(19-15(18-9)16-8-17-19)11-4-6-12(21-3)7-5-11/h4-8,14H,1-3H3,(H,16,17,18)/t14-/m0/s1. The van der Waals surface area contributed by atoms with E-state index in [2.05, 4.69) is 15.4 Å². The van der Waals surface area contributed by atoms with E-state index in [9.17, 15) is 4.79 Å². The van der Waals surface area contributed by atoms with Crippen molar-refractivity contribution in [2.75, 3.05) is 12.4 Å². The van der Waals surface area contributed by atoms with Crippen molar-refractivity contribution in [3.8, 4) is 5.75 Å². The van der Waals surface area contributed by atoms with Crippen LogP contribution in [0.1, 0.15) is 25.5 Å². The maximum Gasteiger partial charge on any atom is 0.226 e. The second-order valence-corrected chi connectivity index (χ2v) is 4.92. The predicted octanol–water partition coefficient (Wildman–Crippen LogP) is 2.16. The number of hydrogen-bond acceptors (Lipinski definition) is 5. The van der Waals surface area contributed by atoms with Crippen LogP contribution in [-0.2, 0) is 4.79 Å². The second-order valence-electron chi connectivity index (χ2n) is 4.92. The van der Waals surface area contributed by atoms with Crippen LogP contribution in [0.3, 0.4) is 0 Å². The first-order valence-corrected chi connectivity index (χ1v) is 6.64. The fourth-order valence-electron chi connectivity index (χ4n) is 2.64. The molecule has 0 saturated carbocycles. The summed E-state index contributed by atoms with van der Waals surface area (Å²) >= 11 is 0. The molecule has 0 aliphatic carbocycles. The summed E-state index contributed by atoms with van der Waals surface area (Å²) in [5.74, 6) is 1.43. The number of carbonyl (C=O) groups is 1. The van der Waals surface area contributed by atoms with Gasteiger partial charge in [0, 0.05) is 11.3 Å². The molecule has 3 rings (SSSR count). The van der Waals surface area contributed by atoms with Crippen molar-refractivity contribution >= 4 is 11.7 Å². The van der Waals surface area contributed by atoms with E-state index in [-0.39, 0.29) is 11.8 Å². The van der Waals surface area contributed by atoms with Crippen LogP contribution in [0.15, 0.2) is 41.9 Å². The summed E-state index contributed by atoms with van der Waals surface area (Å²) in [5.41, 5.74) is 2.47. The molecule has 0 radical (unpaired) electrons. The summed E-state index contributed by atoms with van der Waals surface area (Å²) in [7, 11) is 1.63. The minimum absolute atomic E-state index is 0.0157. The summed E-state index contributed by atoms with van der Waals surface area (Å²) in [5, 5.41) is 7.37. The summed E-state index contributed by atoms with van der Waals surface area (Å²) in [6, 6.07) is 7.36. The van der Waals surface area contributed by atoms with Crippen molar-refractivity contribution in [3.63, 3.8) is 0 Å². The number of hydrogen-bond donors (Lipinski definition) is 1. The van der Waals surface area contributed by atoms with Crippen LogP contribution >= 0.6 is 0 Å². The number of methoxy groups -OCH3 is 1. The highest BCUT2D eigenvalue weighted by Gasteiger charge is 2.31. The third-order valence-electron chi connectivity index (χ3n) is 3.61. The largest absolute Gasteiger partial charge is 0.497 e. The molecule has 0 fully saturated rings. The molecule has 0 bridgehead atoms. The topological polar surface area (TPSA) is 69.0 Å². The number of allylic oxidation sites excluding steroid dienone is 2. The van der Waals surface area contributed by atoms with Gasteiger partial charge in [-0.25, -0.2) is 4.68 Å². The number of nitrogens with zero attached hydrogens (tertiary/aromatic N) is 3. The van der Waals surface area contributed by atoms with Gasteiger partial charge >= 0.3 is 0 Å². The van der Waals surface area contributed by atoms with E-state index in [0.29, 0.717) is 11.5 Å². The normalized spacial score (nSPS) is 17.2. The van der Waals surface area contributed by atoms with Crippen molar-refractivity contribution in [1.82, 2.24) is 14.8 Å². The Kier molecular flexibility index (Phi) is 3.21. The molecule has 0 amide bonds. The van der Waals surface area contributed by atoms with Gasteiger partial charge in [0.2, 0.25) is 5.95 Å². The fraction of sp³-hybridized carbons (Fsp3) is 0.267. The Morgan fingerprint density at radius 1 is 1.33 bits per heavy atom. The van der Waals surface area contributed by atoms with Gasteiger partial charge in [-0.15, -0.1) is 0 Å². The van der Waals surface area contributed by atoms with E-state index in [1.165, 1.54) is 6.33 Å². The maximum atomic E-state index is 12.1. The first-order valence-electron chi connectivity index (χ1n) is 6.64. The molecule has 108 valence electrons. The van der Waals surface area contributed by atoms with E-state index < -0.39 is 0 Å². The lowest BCUT2D eigenvalue weighted by Crippen LogP contribution is -2.27. The van der Waals surface area contributed by atoms with Gasteiger partial charge < -0.3 is 10.1 Å². The number of aromatic nitrogens is 3. The molecule has 1 atom stereocenters. The number of benzene rings is 1. The molecule has 0 spiro atoms. The number of ether oxygens (including phenoxy) is 1. The summed E-state index contributed by atoms with van der Waals surface area (Å²) < 4.78 is 6.91. The van der Waals surface area contributed by atoms with Crippen LogP contribution in [0.2, 0.25) is 0 Å². The number of fused-ring (bicyclic) bond motifs is 1. The molecule has 21 heavy (non-hydrogen) atoms. The molecule has 1 aliphatic rings. The van der Waals surface area contributed by atoms with E-state index in [4.69, 9.17) is 4.74 Å². The van der Waals surface area contributed by atoms with Crippen molar-refractivity contribution in [3.05, 3.63) is 47.4 Å². The van der Waals surface area contributed by atoms with Crippen molar-refractivity contribution < 1.29 is 9.53 Å². The van der Waals surface area contributed by atoms with Crippen LogP contribution in [0.25, 0.3) is 0 Å². The van der Waals surface area contributed by atoms with Crippen LogP contribution in [0.5, 0.6) is 5.75 Å². The third-order valence-corrected chi connectivity index (χ3v) is 3.61. The molecule has 2 heterocycles. The lowest BCUT2D eigenvalue weighted by atomic mass is 9.93. The molecule has 2 aromatic rings. The highest BCUT2D eigenvalue weighted by atomic mass is 16.5. The van der Waals surface area contributed by atoms with Crippen molar-refractivity contribution in [1.29, 1.82) is 0 Å². The van der Waals surface area contributed by atoms with E-state index in [1.807, 2.05) is 31.2 Å². The zero-order valence-corrected chi connectivity index (χ0v) is 12.1. The average molecular weight is 284 g/mol. The number of nitrogens with one attached hydrogen (secondary N) is 1. The molecule has 0 unspecified atom stereocenters. The Morgan fingerprint density at radius 3 is 2.67 bits per heavy atom. The Hall–Kier alpha value is -2.63. The summed E-state index contributed by atoms with van der Waals surface area (Å²) in [6.45, 7) is 3.45. The minimum Gasteiger partial charge on any atom is -0.497 e. The van der Waals surface area contributed by atoms with Gasteiger partial charge in [0.25, 0.3) is 0 Å². The zero-order chi connectivity index (χ0) is 15.0. The Bertz CT molecular complexity index is 716. The Morgan fingerprint density at radius 2 is 2.05 bits per heavy atom. The molecular formula is C15H16N4O2. The molecule has 1 aromatic heterocycles. The van der Waals surface area contributed by atoms with Crippen LogP contribution in [-0.4, -0.2) is 27.7 Å². The SMILES string of the molecule is COc1ccc([C@H]2C(C(C)=O)=C(C)Nc3ncnn32)cc1. The van der Waals surface area contributed by atoms with Gasteiger partial charge in [-0.1, -0.05) is 12.1 Å². The number of anilines is 1. The van der Waals surface area contributed by atoms with E-state index in [1.54, 1.807) is 18.7 Å². The summed E-state index contributed by atoms with van der Waals surface area (Å²) in [6.07, 6.45) is 1.48. The molecular weight excluding hydrogens is 268 g/mol. The number of ketones is 1. The van der Waals surface area contributed by atoms with Crippen LogP contribution in [0, 0.1) is 0 Å². The third kappa shape index (κ3) is 2.18. The lowest BCUT2D eigenvalue weighted by Gasteiger charge is -2.28. The Labute approximate surface area is 122 Å². The van der Waals surface area contributed by atoms with Crippen molar-refractivity contribution in [2.24, 2.45) is 0 Å². The van der Waals surface area contributed by atoms with Gasteiger partial charge in [-0.2, -0.15) is 10.1 Å². The maximum absolute atomic E-state index is 12.1. The molecule has 1 aliphatic heterocycles. The molecule has 6 nitrogen and oxygen atoms in total. The first kappa shape index (κ1) is 13.4. The van der Waals surface area contributed by atoms with E-state index >= 15 is 0 Å². The van der Waals surface area contributed by atoms with Crippen LogP contribution < -0.4 is 10.1 Å². The van der Waals surface area contributed by atoms with Crippen molar-refractivity contribution in [2.45, 2.75) is 19.9 Å². The monoisotopic (exact) mass is 284 g/mol. The highest BCUT2D eigenvalue weighted by molar-refractivity contribution is 5.96. The van der Waals surface area contributed by atoms with Gasteiger partial charge in [-0.05, 0) is 31.5 Å².